The molecule has 3 aromatic rings. The van der Waals surface area contributed by atoms with Crippen molar-refractivity contribution in [2.75, 3.05) is 0 Å². The Kier molecular flexibility index (Phi) is 4.04. The molecule has 2 aromatic carbocycles. The molecule has 112 valence electrons. The molecule has 0 saturated heterocycles. The predicted octanol–water partition coefficient (Wildman–Crippen LogP) is 4.04. The Bertz CT molecular complexity index is 939. The van der Waals surface area contributed by atoms with Crippen LogP contribution < -0.4 is 5.56 Å². The lowest BCUT2D eigenvalue weighted by Crippen LogP contribution is -2.20. The number of aromatic nitrogens is 1. The quantitative estimate of drug-likeness (QED) is 0.727. The second kappa shape index (κ2) is 5.83. The first kappa shape index (κ1) is 15.2. The van der Waals surface area contributed by atoms with Gasteiger partial charge in [-0.2, -0.15) is 0 Å². The molecule has 3 rings (SSSR count). The number of halogens is 3. The van der Waals surface area contributed by atoms with Gasteiger partial charge in [-0.1, -0.05) is 33.6 Å². The van der Waals surface area contributed by atoms with Gasteiger partial charge in [-0.3, -0.25) is 9.36 Å². The van der Waals surface area contributed by atoms with Crippen molar-refractivity contribution < 1.29 is 9.50 Å². The first-order chi connectivity index (χ1) is 10.5. The third-order valence-corrected chi connectivity index (χ3v) is 4.25. The SMILES string of the molecule is O=c1c2c(F)cc(Br)cc2ccn1-c1cccc(Cl)c1CO. The van der Waals surface area contributed by atoms with Crippen LogP contribution in [-0.4, -0.2) is 9.67 Å². The highest BCUT2D eigenvalue weighted by Crippen LogP contribution is 2.25. The number of rotatable bonds is 2. The first-order valence-electron chi connectivity index (χ1n) is 6.42. The molecule has 0 amide bonds. The lowest BCUT2D eigenvalue weighted by Gasteiger charge is -2.13. The van der Waals surface area contributed by atoms with Crippen LogP contribution in [0.2, 0.25) is 5.02 Å². The molecule has 0 unspecified atom stereocenters. The Morgan fingerprint density at radius 2 is 2.05 bits per heavy atom. The minimum atomic E-state index is -0.601. The Labute approximate surface area is 138 Å². The van der Waals surface area contributed by atoms with E-state index in [1.165, 1.54) is 10.6 Å². The largest absolute Gasteiger partial charge is 0.392 e. The second-order valence-electron chi connectivity index (χ2n) is 4.74. The summed E-state index contributed by atoms with van der Waals surface area (Å²) in [6.45, 7) is -0.317. The van der Waals surface area contributed by atoms with Crippen molar-refractivity contribution in [3.05, 3.63) is 73.8 Å². The molecule has 0 bridgehead atoms. The standard InChI is InChI=1S/C16H10BrClFNO2/c17-10-6-9-4-5-20(16(22)15(9)13(19)7-10)14-3-1-2-12(18)11(14)8-21/h1-7,21H,8H2. The minimum absolute atomic E-state index is 0.00503. The number of pyridine rings is 1. The van der Waals surface area contributed by atoms with Crippen LogP contribution in [0.4, 0.5) is 4.39 Å². The molecule has 0 aliphatic carbocycles. The second-order valence-corrected chi connectivity index (χ2v) is 6.06. The van der Waals surface area contributed by atoms with Crippen molar-refractivity contribution in [2.24, 2.45) is 0 Å². The summed E-state index contributed by atoms with van der Waals surface area (Å²) in [6.07, 6.45) is 1.54. The molecule has 0 spiro atoms. The number of aliphatic hydroxyl groups is 1. The fourth-order valence-corrected chi connectivity index (χ4v) is 3.09. The molecule has 0 atom stereocenters. The lowest BCUT2D eigenvalue weighted by atomic mass is 10.1. The van der Waals surface area contributed by atoms with Crippen molar-refractivity contribution in [3.8, 4) is 5.69 Å². The summed E-state index contributed by atoms with van der Waals surface area (Å²) in [5, 5.41) is 10.3. The molecule has 0 aliphatic rings. The van der Waals surface area contributed by atoms with E-state index in [9.17, 15) is 14.3 Å². The molecule has 3 nitrogen and oxygen atoms in total. The van der Waals surface area contributed by atoms with E-state index < -0.39 is 11.4 Å². The van der Waals surface area contributed by atoms with Gasteiger partial charge in [0.05, 0.1) is 17.7 Å². The molecular formula is C16H10BrClFNO2. The summed E-state index contributed by atoms with van der Waals surface area (Å²) in [6, 6.07) is 9.52. The Morgan fingerprint density at radius 1 is 1.27 bits per heavy atom. The highest BCUT2D eigenvalue weighted by Gasteiger charge is 2.13. The van der Waals surface area contributed by atoms with Gasteiger partial charge in [-0.25, -0.2) is 4.39 Å². The number of nitrogens with zero attached hydrogens (tertiary/aromatic N) is 1. The summed E-state index contributed by atoms with van der Waals surface area (Å²) < 4.78 is 16.0. The summed E-state index contributed by atoms with van der Waals surface area (Å²) in [5.74, 6) is -0.601. The van der Waals surface area contributed by atoms with E-state index in [0.717, 1.165) is 0 Å². The average Bonchev–Trinajstić information content (AvgIpc) is 2.46. The molecule has 0 saturated carbocycles. The van der Waals surface area contributed by atoms with E-state index in [-0.39, 0.29) is 12.0 Å². The van der Waals surface area contributed by atoms with Crippen LogP contribution in [0.25, 0.3) is 16.5 Å². The van der Waals surface area contributed by atoms with Crippen molar-refractivity contribution in [1.82, 2.24) is 4.57 Å². The minimum Gasteiger partial charge on any atom is -0.392 e. The highest BCUT2D eigenvalue weighted by atomic mass is 79.9. The van der Waals surface area contributed by atoms with Crippen molar-refractivity contribution in [3.63, 3.8) is 0 Å². The van der Waals surface area contributed by atoms with Crippen LogP contribution in [0.15, 0.2) is 51.9 Å². The van der Waals surface area contributed by atoms with Gasteiger partial charge in [0.1, 0.15) is 5.82 Å². The van der Waals surface area contributed by atoms with Crippen LogP contribution >= 0.6 is 27.5 Å². The number of hydrogen-bond donors (Lipinski definition) is 1. The summed E-state index contributed by atoms with van der Waals surface area (Å²) in [5.41, 5.74) is 0.354. The molecule has 1 aromatic heterocycles. The third kappa shape index (κ3) is 2.45. The number of benzene rings is 2. The van der Waals surface area contributed by atoms with Crippen molar-refractivity contribution in [1.29, 1.82) is 0 Å². The topological polar surface area (TPSA) is 42.2 Å². The molecule has 0 fully saturated rings. The Hall–Kier alpha value is -1.69. The maximum atomic E-state index is 14.1. The monoisotopic (exact) mass is 381 g/mol. The maximum absolute atomic E-state index is 14.1. The van der Waals surface area contributed by atoms with Crippen LogP contribution in [0.5, 0.6) is 0 Å². The van der Waals surface area contributed by atoms with Crippen molar-refractivity contribution >= 4 is 38.3 Å². The van der Waals surface area contributed by atoms with Gasteiger partial charge >= 0.3 is 0 Å². The van der Waals surface area contributed by atoms with Gasteiger partial charge in [-0.15, -0.1) is 0 Å². The lowest BCUT2D eigenvalue weighted by molar-refractivity contribution is 0.281. The van der Waals surface area contributed by atoms with Crippen LogP contribution in [0, 0.1) is 5.82 Å². The van der Waals surface area contributed by atoms with Gasteiger partial charge in [0.15, 0.2) is 0 Å². The predicted molar refractivity (Wildman–Crippen MR) is 88.1 cm³/mol. The van der Waals surface area contributed by atoms with Crippen molar-refractivity contribution in [2.45, 2.75) is 6.61 Å². The fourth-order valence-electron chi connectivity index (χ4n) is 2.41. The fraction of sp³-hybridized carbons (Fsp3) is 0.0625. The third-order valence-electron chi connectivity index (χ3n) is 3.43. The summed E-state index contributed by atoms with van der Waals surface area (Å²) in [7, 11) is 0. The van der Waals surface area contributed by atoms with Gasteiger partial charge in [-0.05, 0) is 35.7 Å². The molecule has 0 radical (unpaired) electrons. The van der Waals surface area contributed by atoms with Crippen LogP contribution in [0.3, 0.4) is 0 Å². The van der Waals surface area contributed by atoms with Crippen LogP contribution in [-0.2, 0) is 6.61 Å². The normalized spacial score (nSPS) is 11.1. The van der Waals surface area contributed by atoms with E-state index in [1.807, 2.05) is 0 Å². The highest BCUT2D eigenvalue weighted by molar-refractivity contribution is 9.10. The molecular weight excluding hydrogens is 373 g/mol. The molecule has 22 heavy (non-hydrogen) atoms. The van der Waals surface area contributed by atoms with Gasteiger partial charge in [0.25, 0.3) is 5.56 Å². The average molecular weight is 383 g/mol. The summed E-state index contributed by atoms with van der Waals surface area (Å²) in [4.78, 5) is 12.6. The number of fused-ring (bicyclic) bond motifs is 1. The molecule has 0 aliphatic heterocycles. The first-order valence-corrected chi connectivity index (χ1v) is 7.59. The van der Waals surface area contributed by atoms with Crippen LogP contribution in [0.1, 0.15) is 5.56 Å². The van der Waals surface area contributed by atoms with Gasteiger partial charge < -0.3 is 5.11 Å². The zero-order chi connectivity index (χ0) is 15.9. The zero-order valence-corrected chi connectivity index (χ0v) is 13.5. The molecule has 1 heterocycles. The van der Waals surface area contributed by atoms with E-state index in [4.69, 9.17) is 11.6 Å². The summed E-state index contributed by atoms with van der Waals surface area (Å²) >= 11 is 9.25. The molecule has 6 heteroatoms. The smallest absolute Gasteiger partial charge is 0.265 e. The van der Waals surface area contributed by atoms with E-state index in [2.05, 4.69) is 15.9 Å². The Balaban J connectivity index is 2.37. The van der Waals surface area contributed by atoms with E-state index >= 15 is 0 Å². The van der Waals surface area contributed by atoms with Gasteiger partial charge in [0.2, 0.25) is 0 Å². The molecule has 1 N–H and O–H groups in total. The zero-order valence-electron chi connectivity index (χ0n) is 11.2. The van der Waals surface area contributed by atoms with E-state index in [1.54, 1.807) is 36.5 Å². The van der Waals surface area contributed by atoms with Gasteiger partial charge in [0, 0.05) is 21.3 Å². The number of aliphatic hydroxyl groups excluding tert-OH is 1. The Morgan fingerprint density at radius 3 is 2.77 bits per heavy atom. The number of hydrogen-bond acceptors (Lipinski definition) is 2. The maximum Gasteiger partial charge on any atom is 0.265 e. The van der Waals surface area contributed by atoms with E-state index in [0.29, 0.717) is 26.1 Å².